The van der Waals surface area contributed by atoms with E-state index in [1.54, 1.807) is 12.5 Å². The first-order chi connectivity index (χ1) is 8.18. The van der Waals surface area contributed by atoms with E-state index in [4.69, 9.17) is 4.42 Å². The Kier molecular flexibility index (Phi) is 2.47. The van der Waals surface area contributed by atoms with E-state index in [0.29, 0.717) is 6.04 Å². The van der Waals surface area contributed by atoms with Gasteiger partial charge in [0, 0.05) is 23.7 Å². The molecule has 0 aromatic carbocycles. The maximum absolute atomic E-state index is 11.2. The van der Waals surface area contributed by atoms with Crippen LogP contribution >= 0.6 is 0 Å². The molecule has 2 aliphatic rings. The summed E-state index contributed by atoms with van der Waals surface area (Å²) in [5.41, 5.74) is 1.15. The van der Waals surface area contributed by atoms with Crippen LogP contribution in [0.1, 0.15) is 37.8 Å². The van der Waals surface area contributed by atoms with Gasteiger partial charge < -0.3 is 9.52 Å². The fraction of sp³-hybridized carbons (Fsp3) is 0.615. The molecule has 4 heteroatoms. The fourth-order valence-electron chi connectivity index (χ4n) is 3.58. The number of hydrogen-bond donors (Lipinski definition) is 1. The Morgan fingerprint density at radius 3 is 3.00 bits per heavy atom. The van der Waals surface area contributed by atoms with Gasteiger partial charge in [0.1, 0.15) is 0 Å². The van der Waals surface area contributed by atoms with Crippen molar-refractivity contribution in [3.05, 3.63) is 24.2 Å². The smallest absolute Gasteiger partial charge is 0.308 e. The molecule has 0 amide bonds. The van der Waals surface area contributed by atoms with Crippen molar-refractivity contribution in [1.82, 2.24) is 4.90 Å². The van der Waals surface area contributed by atoms with Crippen molar-refractivity contribution >= 4 is 5.97 Å². The fourth-order valence-corrected chi connectivity index (χ4v) is 3.58. The van der Waals surface area contributed by atoms with Gasteiger partial charge >= 0.3 is 5.97 Å². The Morgan fingerprint density at radius 1 is 1.59 bits per heavy atom. The van der Waals surface area contributed by atoms with E-state index in [1.165, 1.54) is 0 Å². The molecule has 3 heterocycles. The zero-order valence-electron chi connectivity index (χ0n) is 9.87. The first kappa shape index (κ1) is 10.8. The average Bonchev–Trinajstić information content (AvgIpc) is 3.03. The molecule has 2 saturated heterocycles. The van der Waals surface area contributed by atoms with E-state index in [1.807, 2.05) is 6.07 Å². The van der Waals surface area contributed by atoms with Crippen molar-refractivity contribution in [2.45, 2.75) is 44.3 Å². The summed E-state index contributed by atoms with van der Waals surface area (Å²) in [7, 11) is 0. The molecule has 1 aromatic heterocycles. The van der Waals surface area contributed by atoms with Gasteiger partial charge in [0.15, 0.2) is 0 Å². The van der Waals surface area contributed by atoms with E-state index < -0.39 is 5.97 Å². The van der Waals surface area contributed by atoms with Gasteiger partial charge in [-0.15, -0.1) is 0 Å². The molecule has 0 spiro atoms. The van der Waals surface area contributed by atoms with Gasteiger partial charge in [-0.25, -0.2) is 0 Å². The Hall–Kier alpha value is -1.29. The van der Waals surface area contributed by atoms with Crippen LogP contribution in [0.2, 0.25) is 0 Å². The molecule has 0 saturated carbocycles. The third-order valence-electron chi connectivity index (χ3n) is 4.38. The Morgan fingerprint density at radius 2 is 2.41 bits per heavy atom. The largest absolute Gasteiger partial charge is 0.481 e. The van der Waals surface area contributed by atoms with Crippen LogP contribution in [-0.4, -0.2) is 28.1 Å². The van der Waals surface area contributed by atoms with Gasteiger partial charge in [0.25, 0.3) is 0 Å². The van der Waals surface area contributed by atoms with Crippen molar-refractivity contribution in [2.24, 2.45) is 5.92 Å². The van der Waals surface area contributed by atoms with Gasteiger partial charge in [0.05, 0.1) is 18.4 Å². The van der Waals surface area contributed by atoms with Crippen molar-refractivity contribution < 1.29 is 14.3 Å². The second-order valence-corrected chi connectivity index (χ2v) is 5.16. The van der Waals surface area contributed by atoms with Crippen LogP contribution in [0.25, 0.3) is 0 Å². The molecule has 4 nitrogen and oxygen atoms in total. The number of nitrogens with zero attached hydrogens (tertiary/aromatic N) is 1. The Bertz CT molecular complexity index is 414. The number of carboxylic acid groups (broad SMARTS) is 1. The van der Waals surface area contributed by atoms with Crippen molar-refractivity contribution in [1.29, 1.82) is 0 Å². The number of carboxylic acids is 1. The van der Waals surface area contributed by atoms with E-state index in [-0.39, 0.29) is 18.0 Å². The van der Waals surface area contributed by atoms with Crippen LogP contribution in [-0.2, 0) is 4.79 Å². The zero-order valence-corrected chi connectivity index (χ0v) is 9.87. The summed E-state index contributed by atoms with van der Waals surface area (Å²) in [6.45, 7) is 2.14. The topological polar surface area (TPSA) is 53.7 Å². The molecule has 4 atom stereocenters. The standard InChI is InChI=1S/C13H17NO3/c1-8(9-4-5-17-7-9)14-10-2-3-12(14)11(6-10)13(15)16/h4-5,7-8,10-12H,2-3,6H2,1H3,(H,15,16). The molecule has 17 heavy (non-hydrogen) atoms. The summed E-state index contributed by atoms with van der Waals surface area (Å²) in [5.74, 6) is -0.815. The number of hydrogen-bond acceptors (Lipinski definition) is 3. The molecular weight excluding hydrogens is 218 g/mol. The Balaban J connectivity index is 1.83. The minimum absolute atomic E-state index is 0.178. The highest BCUT2D eigenvalue weighted by molar-refractivity contribution is 5.71. The second-order valence-electron chi connectivity index (χ2n) is 5.16. The number of aliphatic carboxylic acids is 1. The summed E-state index contributed by atoms with van der Waals surface area (Å²) < 4.78 is 5.12. The first-order valence-corrected chi connectivity index (χ1v) is 6.21. The average molecular weight is 235 g/mol. The predicted octanol–water partition coefficient (Wildman–Crippen LogP) is 2.28. The van der Waals surface area contributed by atoms with Crippen LogP contribution in [0.5, 0.6) is 0 Å². The highest BCUT2D eigenvalue weighted by Crippen LogP contribution is 2.46. The molecule has 1 aromatic rings. The van der Waals surface area contributed by atoms with Crippen molar-refractivity contribution in [3.8, 4) is 0 Å². The van der Waals surface area contributed by atoms with Crippen LogP contribution in [0.4, 0.5) is 0 Å². The predicted molar refractivity (Wildman–Crippen MR) is 61.5 cm³/mol. The number of furan rings is 1. The highest BCUT2D eigenvalue weighted by Gasteiger charge is 2.50. The number of rotatable bonds is 3. The van der Waals surface area contributed by atoms with E-state index >= 15 is 0 Å². The summed E-state index contributed by atoms with van der Waals surface area (Å²) in [6.07, 6.45) is 6.40. The van der Waals surface area contributed by atoms with Crippen LogP contribution in [0, 0.1) is 5.92 Å². The number of fused-ring (bicyclic) bond motifs is 2. The molecule has 1 N–H and O–H groups in total. The molecular formula is C13H17NO3. The molecule has 2 aliphatic heterocycles. The van der Waals surface area contributed by atoms with Gasteiger partial charge in [0.2, 0.25) is 0 Å². The van der Waals surface area contributed by atoms with Crippen LogP contribution in [0.3, 0.4) is 0 Å². The molecule has 4 unspecified atom stereocenters. The lowest BCUT2D eigenvalue weighted by atomic mass is 9.89. The quantitative estimate of drug-likeness (QED) is 0.873. The molecule has 2 fully saturated rings. The lowest BCUT2D eigenvalue weighted by Crippen LogP contribution is -2.34. The summed E-state index contributed by atoms with van der Waals surface area (Å²) in [4.78, 5) is 13.6. The van der Waals surface area contributed by atoms with E-state index in [9.17, 15) is 9.90 Å². The van der Waals surface area contributed by atoms with Gasteiger partial charge in [-0.05, 0) is 32.3 Å². The van der Waals surface area contributed by atoms with Gasteiger partial charge in [-0.1, -0.05) is 0 Å². The summed E-state index contributed by atoms with van der Waals surface area (Å²) >= 11 is 0. The van der Waals surface area contributed by atoms with Gasteiger partial charge in [-0.3, -0.25) is 9.69 Å². The minimum Gasteiger partial charge on any atom is -0.481 e. The lowest BCUT2D eigenvalue weighted by Gasteiger charge is -2.29. The second kappa shape index (κ2) is 3.88. The normalized spacial score (nSPS) is 34.1. The Labute approximate surface area is 100 Å². The zero-order chi connectivity index (χ0) is 12.0. The van der Waals surface area contributed by atoms with E-state index in [0.717, 1.165) is 24.8 Å². The van der Waals surface area contributed by atoms with Crippen molar-refractivity contribution in [3.63, 3.8) is 0 Å². The van der Waals surface area contributed by atoms with Gasteiger partial charge in [-0.2, -0.15) is 0 Å². The molecule has 2 bridgehead atoms. The summed E-state index contributed by atoms with van der Waals surface area (Å²) in [5, 5.41) is 9.22. The monoisotopic (exact) mass is 235 g/mol. The van der Waals surface area contributed by atoms with Crippen LogP contribution in [0.15, 0.2) is 23.0 Å². The van der Waals surface area contributed by atoms with Crippen LogP contribution < -0.4 is 0 Å². The van der Waals surface area contributed by atoms with E-state index in [2.05, 4.69) is 11.8 Å². The van der Waals surface area contributed by atoms with Crippen molar-refractivity contribution in [2.75, 3.05) is 0 Å². The highest BCUT2D eigenvalue weighted by atomic mass is 16.4. The molecule has 92 valence electrons. The maximum Gasteiger partial charge on any atom is 0.308 e. The lowest BCUT2D eigenvalue weighted by molar-refractivity contribution is -0.142. The molecule has 0 radical (unpaired) electrons. The maximum atomic E-state index is 11.2. The number of carbonyl (C=O) groups is 1. The molecule has 0 aliphatic carbocycles. The first-order valence-electron chi connectivity index (χ1n) is 6.21. The SMILES string of the molecule is CC(c1ccoc1)N1C2CCC1C(C(=O)O)C2. The third kappa shape index (κ3) is 1.59. The molecule has 3 rings (SSSR count). The minimum atomic E-state index is -0.637. The third-order valence-corrected chi connectivity index (χ3v) is 4.38. The summed E-state index contributed by atoms with van der Waals surface area (Å²) in [6, 6.07) is 2.88.